The van der Waals surface area contributed by atoms with Gasteiger partial charge in [0.25, 0.3) is 5.56 Å². The molecule has 0 radical (unpaired) electrons. The van der Waals surface area contributed by atoms with E-state index in [0.717, 1.165) is 31.7 Å². The number of nitrogen functional groups attached to an aromatic ring is 1. The Morgan fingerprint density at radius 1 is 0.933 bits per heavy atom. The smallest absolute Gasteiger partial charge is 0.267 e. The summed E-state index contributed by atoms with van der Waals surface area (Å²) in [4.78, 5) is 26.4. The first-order valence-electron chi connectivity index (χ1n) is 10.2. The lowest BCUT2D eigenvalue weighted by atomic mass is 10.1. The van der Waals surface area contributed by atoms with Crippen LogP contribution in [0.15, 0.2) is 47.3 Å². The summed E-state index contributed by atoms with van der Waals surface area (Å²) in [6, 6.07) is 13.0. The van der Waals surface area contributed by atoms with Crippen LogP contribution in [-0.2, 0) is 0 Å². The molecule has 8 nitrogen and oxygen atoms in total. The van der Waals surface area contributed by atoms with Crippen molar-refractivity contribution < 1.29 is 0 Å². The zero-order valence-corrected chi connectivity index (χ0v) is 17.6. The Morgan fingerprint density at radius 3 is 2.30 bits per heavy atom. The van der Waals surface area contributed by atoms with Crippen LogP contribution < -0.4 is 16.2 Å². The molecule has 0 bridgehead atoms. The molecule has 3 aromatic rings. The van der Waals surface area contributed by atoms with Gasteiger partial charge >= 0.3 is 0 Å². The molecule has 1 fully saturated rings. The number of hydrogen-bond acceptors (Lipinski definition) is 7. The van der Waals surface area contributed by atoms with Crippen molar-refractivity contribution >= 4 is 11.6 Å². The van der Waals surface area contributed by atoms with Crippen LogP contribution in [0.5, 0.6) is 0 Å². The number of aromatic nitrogens is 4. The summed E-state index contributed by atoms with van der Waals surface area (Å²) in [6.45, 7) is 7.40. The fraction of sp³-hybridized carbons (Fsp3) is 0.364. The second-order valence-corrected chi connectivity index (χ2v) is 7.88. The number of benzene rings is 1. The van der Waals surface area contributed by atoms with E-state index >= 15 is 0 Å². The van der Waals surface area contributed by atoms with Crippen LogP contribution in [0.1, 0.15) is 19.9 Å². The molecule has 0 spiro atoms. The van der Waals surface area contributed by atoms with Gasteiger partial charge in [-0.15, -0.1) is 0 Å². The van der Waals surface area contributed by atoms with E-state index in [1.165, 1.54) is 10.7 Å². The molecule has 1 aromatic carbocycles. The van der Waals surface area contributed by atoms with E-state index in [1.807, 2.05) is 44.2 Å². The van der Waals surface area contributed by atoms with Gasteiger partial charge in [0.2, 0.25) is 0 Å². The van der Waals surface area contributed by atoms with E-state index in [4.69, 9.17) is 15.7 Å². The zero-order valence-electron chi connectivity index (χ0n) is 17.6. The average molecular weight is 406 g/mol. The maximum atomic E-state index is 12.2. The van der Waals surface area contributed by atoms with Crippen LogP contribution >= 0.6 is 0 Å². The third-order valence-corrected chi connectivity index (χ3v) is 5.31. The summed E-state index contributed by atoms with van der Waals surface area (Å²) in [5.74, 6) is 1.07. The third kappa shape index (κ3) is 3.91. The van der Waals surface area contributed by atoms with E-state index in [0.29, 0.717) is 28.7 Å². The molecule has 0 unspecified atom stereocenters. The van der Waals surface area contributed by atoms with Crippen molar-refractivity contribution in [3.63, 3.8) is 0 Å². The summed E-state index contributed by atoms with van der Waals surface area (Å²) in [5, 5.41) is 4.59. The molecule has 0 aliphatic carbocycles. The summed E-state index contributed by atoms with van der Waals surface area (Å²) < 4.78 is 1.47. The molecule has 2 aromatic heterocycles. The number of anilines is 2. The van der Waals surface area contributed by atoms with Crippen molar-refractivity contribution in [1.82, 2.24) is 24.6 Å². The SMILES string of the molecule is CC(C)n1nc(-c2nc(N3CCN(C)CC3)c(N)nc2-c2ccccc2)ccc1=O. The highest BCUT2D eigenvalue weighted by atomic mass is 16.1. The number of nitrogens with two attached hydrogens (primary N) is 1. The topological polar surface area (TPSA) is 93.2 Å². The Hall–Kier alpha value is -3.26. The standard InChI is InChI=1S/C22H27N7O/c1-15(2)29-18(30)10-9-17(26-29)20-19(16-7-5-4-6-8-16)24-21(23)22(25-20)28-13-11-27(3)12-14-28/h4-10,15H,11-14H2,1-3H3,(H2,23,24). The maximum absolute atomic E-state index is 12.2. The van der Waals surface area contributed by atoms with Crippen LogP contribution in [0.2, 0.25) is 0 Å². The summed E-state index contributed by atoms with van der Waals surface area (Å²) in [6.07, 6.45) is 0. The second kappa shape index (κ2) is 8.23. The molecule has 0 saturated carbocycles. The van der Waals surface area contributed by atoms with E-state index in [1.54, 1.807) is 6.07 Å². The Kier molecular flexibility index (Phi) is 5.50. The molecule has 1 saturated heterocycles. The fourth-order valence-electron chi connectivity index (χ4n) is 3.59. The number of piperazine rings is 1. The maximum Gasteiger partial charge on any atom is 0.267 e. The van der Waals surface area contributed by atoms with Gasteiger partial charge in [-0.3, -0.25) is 4.79 Å². The number of likely N-dealkylation sites (N-methyl/N-ethyl adjacent to an activating group) is 1. The molecule has 8 heteroatoms. The first-order chi connectivity index (χ1) is 14.4. The van der Waals surface area contributed by atoms with E-state index in [-0.39, 0.29) is 11.6 Å². The molecular formula is C22H27N7O. The number of hydrogen-bond donors (Lipinski definition) is 1. The minimum Gasteiger partial charge on any atom is -0.381 e. The van der Waals surface area contributed by atoms with Crippen LogP contribution in [0.4, 0.5) is 11.6 Å². The lowest BCUT2D eigenvalue weighted by Gasteiger charge is -2.33. The highest BCUT2D eigenvalue weighted by Crippen LogP contribution is 2.32. The van der Waals surface area contributed by atoms with Gasteiger partial charge in [-0.2, -0.15) is 5.10 Å². The van der Waals surface area contributed by atoms with Crippen molar-refractivity contribution in [3.8, 4) is 22.6 Å². The number of nitrogens with zero attached hydrogens (tertiary/aromatic N) is 6. The van der Waals surface area contributed by atoms with Crippen molar-refractivity contribution in [2.45, 2.75) is 19.9 Å². The molecule has 1 aliphatic heterocycles. The van der Waals surface area contributed by atoms with Crippen LogP contribution in [0, 0.1) is 0 Å². The van der Waals surface area contributed by atoms with Gasteiger partial charge in [0.05, 0.1) is 6.04 Å². The van der Waals surface area contributed by atoms with Crippen molar-refractivity contribution in [2.75, 3.05) is 43.9 Å². The van der Waals surface area contributed by atoms with Crippen molar-refractivity contribution in [2.24, 2.45) is 0 Å². The van der Waals surface area contributed by atoms with Crippen LogP contribution in [-0.4, -0.2) is 57.9 Å². The molecule has 0 amide bonds. The Morgan fingerprint density at radius 2 is 1.63 bits per heavy atom. The van der Waals surface area contributed by atoms with Gasteiger partial charge in [-0.1, -0.05) is 30.3 Å². The fourth-order valence-corrected chi connectivity index (χ4v) is 3.59. The zero-order chi connectivity index (χ0) is 21.3. The summed E-state index contributed by atoms with van der Waals surface area (Å²) >= 11 is 0. The predicted molar refractivity (Wildman–Crippen MR) is 119 cm³/mol. The predicted octanol–water partition coefficient (Wildman–Crippen LogP) is 2.28. The molecule has 30 heavy (non-hydrogen) atoms. The average Bonchev–Trinajstić information content (AvgIpc) is 2.75. The molecule has 3 heterocycles. The lowest BCUT2D eigenvalue weighted by Crippen LogP contribution is -2.45. The lowest BCUT2D eigenvalue weighted by molar-refractivity contribution is 0.312. The minimum atomic E-state index is -0.141. The Bertz CT molecular complexity index is 1090. The molecule has 2 N–H and O–H groups in total. The normalized spacial score (nSPS) is 15.0. The minimum absolute atomic E-state index is 0.0588. The van der Waals surface area contributed by atoms with Gasteiger partial charge in [-0.25, -0.2) is 14.6 Å². The van der Waals surface area contributed by atoms with Crippen LogP contribution in [0.25, 0.3) is 22.6 Å². The first kappa shape index (κ1) is 20.0. The van der Waals surface area contributed by atoms with Gasteiger partial charge in [0, 0.05) is 37.8 Å². The highest BCUT2D eigenvalue weighted by molar-refractivity contribution is 5.80. The molecule has 156 valence electrons. The molecule has 1 aliphatic rings. The number of rotatable bonds is 4. The van der Waals surface area contributed by atoms with E-state index in [2.05, 4.69) is 21.9 Å². The molecular weight excluding hydrogens is 378 g/mol. The molecule has 0 atom stereocenters. The summed E-state index contributed by atoms with van der Waals surface area (Å²) in [5.41, 5.74) is 9.02. The van der Waals surface area contributed by atoms with Crippen molar-refractivity contribution in [3.05, 3.63) is 52.8 Å². The van der Waals surface area contributed by atoms with Crippen LogP contribution in [0.3, 0.4) is 0 Å². The van der Waals surface area contributed by atoms with Gasteiger partial charge in [-0.05, 0) is 27.0 Å². The van der Waals surface area contributed by atoms with Crippen molar-refractivity contribution in [1.29, 1.82) is 0 Å². The van der Waals surface area contributed by atoms with E-state index < -0.39 is 0 Å². The first-order valence-corrected chi connectivity index (χ1v) is 10.2. The highest BCUT2D eigenvalue weighted by Gasteiger charge is 2.23. The third-order valence-electron chi connectivity index (χ3n) is 5.31. The van der Waals surface area contributed by atoms with Gasteiger partial charge < -0.3 is 15.5 Å². The van der Waals surface area contributed by atoms with Gasteiger partial charge in [0.15, 0.2) is 11.6 Å². The largest absolute Gasteiger partial charge is 0.381 e. The van der Waals surface area contributed by atoms with Gasteiger partial charge in [0.1, 0.15) is 17.1 Å². The van der Waals surface area contributed by atoms with E-state index in [9.17, 15) is 4.79 Å². The second-order valence-electron chi connectivity index (χ2n) is 7.88. The monoisotopic (exact) mass is 405 g/mol. The Labute approximate surface area is 176 Å². The Balaban J connectivity index is 1.89. The summed E-state index contributed by atoms with van der Waals surface area (Å²) in [7, 11) is 2.11. The quantitative estimate of drug-likeness (QED) is 0.712. The molecule has 4 rings (SSSR count).